The molecule has 0 aromatic heterocycles. The van der Waals surface area contributed by atoms with E-state index in [0.29, 0.717) is 13.1 Å². The molecule has 2 rings (SSSR count). The summed E-state index contributed by atoms with van der Waals surface area (Å²) in [5, 5.41) is 0. The molecule has 0 aliphatic carbocycles. The number of piperazine rings is 1. The molecule has 2 aliphatic heterocycles. The minimum Gasteiger partial charge on any atom is -0.450 e. The van der Waals surface area contributed by atoms with Crippen molar-refractivity contribution in [3.63, 3.8) is 0 Å². The summed E-state index contributed by atoms with van der Waals surface area (Å²) in [5.41, 5.74) is 0. The number of carbonyl (C=O) groups excluding carboxylic acids is 2. The van der Waals surface area contributed by atoms with Gasteiger partial charge in [0, 0.05) is 13.1 Å². The Hall–Kier alpha value is -1.35. The van der Waals surface area contributed by atoms with Gasteiger partial charge >= 0.3 is 6.09 Å². The predicted octanol–water partition coefficient (Wildman–Crippen LogP) is -0.986. The molecule has 2 atom stereocenters. The quantitative estimate of drug-likeness (QED) is 0.659. The number of hydrogen-bond acceptors (Lipinski definition) is 6. The first kappa shape index (κ1) is 17.0. The molecule has 0 aromatic carbocycles. The monoisotopic (exact) mass is 333 g/mol. The van der Waals surface area contributed by atoms with Crippen LogP contribution in [0, 0.1) is 0 Å². The summed E-state index contributed by atoms with van der Waals surface area (Å²) in [7, 11) is 0.313. The fourth-order valence-corrected chi connectivity index (χ4v) is 5.04. The van der Waals surface area contributed by atoms with Crippen molar-refractivity contribution in [2.45, 2.75) is 19.0 Å². The maximum Gasteiger partial charge on any atom is 0.410 e. The van der Waals surface area contributed by atoms with E-state index < -0.39 is 28.0 Å². The summed E-state index contributed by atoms with van der Waals surface area (Å²) < 4.78 is 29.0. The minimum absolute atomic E-state index is 0.0905. The van der Waals surface area contributed by atoms with Gasteiger partial charge in [-0.2, -0.15) is 0 Å². The van der Waals surface area contributed by atoms with Crippen LogP contribution in [-0.2, 0) is 19.4 Å². The summed E-state index contributed by atoms with van der Waals surface area (Å²) in [4.78, 5) is 29.1. The third kappa shape index (κ3) is 3.52. The molecule has 2 aliphatic rings. The van der Waals surface area contributed by atoms with E-state index in [-0.39, 0.29) is 30.6 Å². The molecule has 0 radical (unpaired) electrons. The Morgan fingerprint density at radius 1 is 1.14 bits per heavy atom. The predicted molar refractivity (Wildman–Crippen MR) is 80.2 cm³/mol. The molecule has 2 saturated heterocycles. The standard InChI is InChI=1S/C13H23N3O5S/c1-4-21-13(18)16-6-5-15(12(17)7-14(2)3)10-8-22(19,20)9-11(10)16/h10-11H,4-9H2,1-3H3/t10-,11+/m0/s1. The number of sulfone groups is 1. The molecular weight excluding hydrogens is 310 g/mol. The lowest BCUT2D eigenvalue weighted by atomic mass is 10.1. The third-order valence-electron chi connectivity index (χ3n) is 3.95. The highest BCUT2D eigenvalue weighted by atomic mass is 32.2. The number of likely N-dealkylation sites (N-methyl/N-ethyl adjacent to an activating group) is 1. The van der Waals surface area contributed by atoms with E-state index in [1.54, 1.807) is 30.8 Å². The SMILES string of the molecule is CCOC(=O)N1CCN(C(=O)CN(C)C)[C@H]2CS(=O)(=O)C[C@H]21. The Morgan fingerprint density at radius 2 is 1.68 bits per heavy atom. The summed E-state index contributed by atoms with van der Waals surface area (Å²) >= 11 is 0. The van der Waals surface area contributed by atoms with Crippen molar-refractivity contribution in [1.29, 1.82) is 0 Å². The third-order valence-corrected chi connectivity index (χ3v) is 5.65. The topological polar surface area (TPSA) is 87.2 Å². The van der Waals surface area contributed by atoms with Gasteiger partial charge in [0.1, 0.15) is 0 Å². The average molecular weight is 333 g/mol. The lowest BCUT2D eigenvalue weighted by Gasteiger charge is -2.43. The van der Waals surface area contributed by atoms with Gasteiger partial charge in [0.15, 0.2) is 9.84 Å². The van der Waals surface area contributed by atoms with Gasteiger partial charge in [-0.1, -0.05) is 0 Å². The number of ether oxygens (including phenoxy) is 1. The molecule has 126 valence electrons. The Labute approximate surface area is 130 Å². The number of hydrogen-bond donors (Lipinski definition) is 0. The first-order valence-corrected chi connectivity index (χ1v) is 9.15. The molecule has 2 fully saturated rings. The molecule has 0 N–H and O–H groups in total. The fraction of sp³-hybridized carbons (Fsp3) is 0.846. The highest BCUT2D eigenvalue weighted by Crippen LogP contribution is 2.27. The zero-order valence-corrected chi connectivity index (χ0v) is 14.0. The molecule has 2 heterocycles. The number of amides is 2. The fourth-order valence-electron chi connectivity index (χ4n) is 3.06. The first-order valence-electron chi connectivity index (χ1n) is 7.33. The summed E-state index contributed by atoms with van der Waals surface area (Å²) in [6.45, 7) is 2.81. The maximum atomic E-state index is 12.3. The van der Waals surface area contributed by atoms with E-state index in [1.165, 1.54) is 4.90 Å². The van der Waals surface area contributed by atoms with E-state index in [0.717, 1.165) is 0 Å². The Kier molecular flexibility index (Phi) is 4.96. The lowest BCUT2D eigenvalue weighted by molar-refractivity contribution is -0.137. The van der Waals surface area contributed by atoms with Gasteiger partial charge in [-0.05, 0) is 21.0 Å². The van der Waals surface area contributed by atoms with Crippen LogP contribution >= 0.6 is 0 Å². The van der Waals surface area contributed by atoms with Crippen LogP contribution in [0.25, 0.3) is 0 Å². The van der Waals surface area contributed by atoms with Crippen molar-refractivity contribution >= 4 is 21.8 Å². The van der Waals surface area contributed by atoms with Crippen molar-refractivity contribution in [1.82, 2.24) is 14.7 Å². The van der Waals surface area contributed by atoms with Crippen LogP contribution in [0.4, 0.5) is 4.79 Å². The van der Waals surface area contributed by atoms with Crippen molar-refractivity contribution in [3.8, 4) is 0 Å². The second-order valence-electron chi connectivity index (χ2n) is 5.93. The summed E-state index contributed by atoms with van der Waals surface area (Å²) in [5.74, 6) is -0.310. The van der Waals surface area contributed by atoms with Gasteiger partial charge in [0.25, 0.3) is 0 Å². The average Bonchev–Trinajstić information content (AvgIpc) is 2.71. The molecule has 0 aromatic rings. The van der Waals surface area contributed by atoms with Crippen molar-refractivity contribution in [2.75, 3.05) is 51.8 Å². The van der Waals surface area contributed by atoms with E-state index in [4.69, 9.17) is 4.74 Å². The second kappa shape index (κ2) is 6.41. The normalized spacial score (nSPS) is 26.9. The van der Waals surface area contributed by atoms with Gasteiger partial charge in [0.2, 0.25) is 5.91 Å². The van der Waals surface area contributed by atoms with Crippen LogP contribution in [0.2, 0.25) is 0 Å². The van der Waals surface area contributed by atoms with E-state index in [1.807, 2.05) is 0 Å². The van der Waals surface area contributed by atoms with E-state index >= 15 is 0 Å². The van der Waals surface area contributed by atoms with Crippen molar-refractivity contribution < 1.29 is 22.7 Å². The summed E-state index contributed by atoms with van der Waals surface area (Å²) in [6, 6.07) is -0.987. The summed E-state index contributed by atoms with van der Waals surface area (Å²) in [6.07, 6.45) is -0.505. The molecular formula is C13H23N3O5S. The maximum absolute atomic E-state index is 12.3. The number of nitrogens with zero attached hydrogens (tertiary/aromatic N) is 3. The lowest BCUT2D eigenvalue weighted by Crippen LogP contribution is -2.62. The van der Waals surface area contributed by atoms with Gasteiger partial charge < -0.3 is 19.4 Å². The zero-order valence-electron chi connectivity index (χ0n) is 13.2. The number of rotatable bonds is 3. The molecule has 22 heavy (non-hydrogen) atoms. The minimum atomic E-state index is -3.26. The Bertz CT molecular complexity index is 548. The van der Waals surface area contributed by atoms with Crippen molar-refractivity contribution in [3.05, 3.63) is 0 Å². The zero-order chi connectivity index (χ0) is 16.5. The highest BCUT2D eigenvalue weighted by molar-refractivity contribution is 7.91. The van der Waals surface area contributed by atoms with Crippen LogP contribution in [0.5, 0.6) is 0 Å². The van der Waals surface area contributed by atoms with Gasteiger partial charge in [0.05, 0.1) is 36.7 Å². The van der Waals surface area contributed by atoms with Crippen LogP contribution in [0.1, 0.15) is 6.92 Å². The van der Waals surface area contributed by atoms with Crippen molar-refractivity contribution in [2.24, 2.45) is 0 Å². The number of fused-ring (bicyclic) bond motifs is 1. The highest BCUT2D eigenvalue weighted by Gasteiger charge is 2.49. The van der Waals surface area contributed by atoms with E-state index in [2.05, 4.69) is 0 Å². The molecule has 9 heteroatoms. The smallest absolute Gasteiger partial charge is 0.410 e. The van der Waals surface area contributed by atoms with E-state index in [9.17, 15) is 18.0 Å². The van der Waals surface area contributed by atoms with Crippen LogP contribution in [0.3, 0.4) is 0 Å². The largest absolute Gasteiger partial charge is 0.450 e. The van der Waals surface area contributed by atoms with Crippen LogP contribution in [-0.4, -0.2) is 99.0 Å². The van der Waals surface area contributed by atoms with Crippen LogP contribution in [0.15, 0.2) is 0 Å². The van der Waals surface area contributed by atoms with Gasteiger partial charge in [-0.3, -0.25) is 4.79 Å². The Balaban J connectivity index is 2.20. The van der Waals surface area contributed by atoms with Gasteiger partial charge in [-0.15, -0.1) is 0 Å². The number of carbonyl (C=O) groups is 2. The Morgan fingerprint density at radius 3 is 2.23 bits per heavy atom. The molecule has 0 bridgehead atoms. The molecule has 2 amide bonds. The molecule has 8 nitrogen and oxygen atoms in total. The van der Waals surface area contributed by atoms with Crippen LogP contribution < -0.4 is 0 Å². The van der Waals surface area contributed by atoms with Gasteiger partial charge in [-0.25, -0.2) is 13.2 Å². The second-order valence-corrected chi connectivity index (χ2v) is 8.08. The molecule has 0 saturated carbocycles. The molecule has 0 spiro atoms. The first-order chi connectivity index (χ1) is 10.2. The molecule has 0 unspecified atom stereocenters.